The van der Waals surface area contributed by atoms with Gasteiger partial charge in [0.05, 0.1) is 12.0 Å². The molecule has 2 aliphatic rings. The first-order chi connectivity index (χ1) is 12.3. The minimum absolute atomic E-state index is 0.115. The van der Waals surface area contributed by atoms with Gasteiger partial charge in [0.25, 0.3) is 0 Å². The maximum Gasteiger partial charge on any atom is 0.227 e. The summed E-state index contributed by atoms with van der Waals surface area (Å²) in [6, 6.07) is 4.19. The summed E-state index contributed by atoms with van der Waals surface area (Å²) in [4.78, 5) is 17.5. The zero-order valence-electron chi connectivity index (χ0n) is 14.7. The van der Waals surface area contributed by atoms with Crippen LogP contribution in [0.5, 0.6) is 11.5 Å². The molecule has 0 saturated heterocycles. The molecule has 1 aliphatic heterocycles. The predicted molar refractivity (Wildman–Crippen MR) is 98.3 cm³/mol. The van der Waals surface area contributed by atoms with Gasteiger partial charge in [-0.3, -0.25) is 4.79 Å². The monoisotopic (exact) mass is 372 g/mol. The van der Waals surface area contributed by atoms with Gasteiger partial charge in [0.1, 0.15) is 5.78 Å². The summed E-state index contributed by atoms with van der Waals surface area (Å²) in [5.74, 6) is -0.166. The van der Waals surface area contributed by atoms with Gasteiger partial charge in [-0.15, -0.1) is 5.10 Å². The standard InChI is InChI=1S/C18H20N4O3S/c1-18(2)7-10-14(13(25)8-18)15(9-4-5-11(23)12(24)6-9)22-16(19-10)20-17(21-22)26-3/h4-7,14-15,23-24H,8H2,1-3H3,(H,19,20,21)/t14-,15+/m0/s1. The molecule has 3 N–H and O–H groups in total. The Kier molecular flexibility index (Phi) is 3.76. The number of rotatable bonds is 2. The average Bonchev–Trinajstić information content (AvgIpc) is 2.97. The molecule has 0 radical (unpaired) electrons. The van der Waals surface area contributed by atoms with E-state index in [9.17, 15) is 15.0 Å². The van der Waals surface area contributed by atoms with Crippen molar-refractivity contribution < 1.29 is 15.0 Å². The molecule has 1 aromatic carbocycles. The number of benzene rings is 1. The Hall–Kier alpha value is -2.48. The topological polar surface area (TPSA) is 100 Å². The van der Waals surface area contributed by atoms with E-state index in [1.165, 1.54) is 23.9 Å². The molecule has 2 atom stereocenters. The van der Waals surface area contributed by atoms with E-state index in [0.717, 1.165) is 5.70 Å². The van der Waals surface area contributed by atoms with Crippen molar-refractivity contribution in [2.45, 2.75) is 31.5 Å². The van der Waals surface area contributed by atoms with E-state index < -0.39 is 12.0 Å². The van der Waals surface area contributed by atoms with Crippen molar-refractivity contribution in [2.24, 2.45) is 11.3 Å². The predicted octanol–water partition coefficient (Wildman–Crippen LogP) is 2.93. The molecule has 26 heavy (non-hydrogen) atoms. The quantitative estimate of drug-likeness (QED) is 0.550. The second-order valence-corrected chi connectivity index (χ2v) is 8.17. The SMILES string of the molecule is CSc1nc2n(n1)[C@H](c1ccc(O)c(O)c1)[C@@H]1C(=O)CC(C)(C)C=C1N2. The first-order valence-electron chi connectivity index (χ1n) is 8.34. The number of allylic oxidation sites excluding steroid dienone is 2. The van der Waals surface area contributed by atoms with E-state index >= 15 is 0 Å². The number of aromatic hydroxyl groups is 2. The van der Waals surface area contributed by atoms with Gasteiger partial charge < -0.3 is 15.5 Å². The van der Waals surface area contributed by atoms with Crippen molar-refractivity contribution in [3.05, 3.63) is 35.5 Å². The number of aromatic nitrogens is 3. The molecular weight excluding hydrogens is 352 g/mol. The molecule has 1 aromatic heterocycles. The van der Waals surface area contributed by atoms with Crippen LogP contribution < -0.4 is 5.32 Å². The van der Waals surface area contributed by atoms with Gasteiger partial charge in [-0.05, 0) is 29.4 Å². The van der Waals surface area contributed by atoms with Crippen molar-refractivity contribution in [1.82, 2.24) is 14.8 Å². The van der Waals surface area contributed by atoms with Gasteiger partial charge in [-0.1, -0.05) is 37.8 Å². The molecule has 2 heterocycles. The fourth-order valence-electron chi connectivity index (χ4n) is 3.75. The molecule has 136 valence electrons. The molecule has 0 spiro atoms. The number of hydrogen-bond donors (Lipinski definition) is 3. The van der Waals surface area contributed by atoms with Crippen LogP contribution >= 0.6 is 11.8 Å². The normalized spacial score (nSPS) is 23.7. The van der Waals surface area contributed by atoms with Crippen molar-refractivity contribution in [1.29, 1.82) is 0 Å². The summed E-state index contributed by atoms with van der Waals surface area (Å²) in [7, 11) is 0. The van der Waals surface area contributed by atoms with E-state index in [2.05, 4.69) is 21.5 Å². The van der Waals surface area contributed by atoms with Crippen LogP contribution in [0.1, 0.15) is 31.9 Å². The third kappa shape index (κ3) is 2.65. The fraction of sp³-hybridized carbons (Fsp3) is 0.389. The van der Waals surface area contributed by atoms with Crippen LogP contribution in [-0.2, 0) is 4.79 Å². The lowest BCUT2D eigenvalue weighted by Gasteiger charge is -2.40. The number of ketones is 1. The first kappa shape index (κ1) is 17.0. The zero-order valence-corrected chi connectivity index (χ0v) is 15.5. The van der Waals surface area contributed by atoms with Crippen LogP contribution in [-0.4, -0.2) is 37.0 Å². The third-order valence-electron chi connectivity index (χ3n) is 4.83. The number of phenolic OH excluding ortho intramolecular Hbond substituents is 2. The molecule has 2 aromatic rings. The van der Waals surface area contributed by atoms with Gasteiger partial charge in [0.2, 0.25) is 11.1 Å². The summed E-state index contributed by atoms with van der Waals surface area (Å²) in [6.45, 7) is 4.06. The highest BCUT2D eigenvalue weighted by Gasteiger charge is 2.45. The lowest BCUT2D eigenvalue weighted by molar-refractivity contribution is -0.125. The maximum absolute atomic E-state index is 13.0. The summed E-state index contributed by atoms with van der Waals surface area (Å²) in [5, 5.41) is 28.0. The Labute approximate surface area is 155 Å². The van der Waals surface area contributed by atoms with Gasteiger partial charge in [-0.2, -0.15) is 4.98 Å². The number of nitrogens with one attached hydrogen (secondary N) is 1. The Morgan fingerprint density at radius 2 is 2.08 bits per heavy atom. The van der Waals surface area contributed by atoms with E-state index in [1.54, 1.807) is 10.7 Å². The number of Topliss-reactive ketones (excluding diaryl/α,β-unsaturated/α-hetero) is 1. The molecule has 0 fully saturated rings. The van der Waals surface area contributed by atoms with Crippen LogP contribution in [0.25, 0.3) is 0 Å². The molecule has 7 nitrogen and oxygen atoms in total. The lowest BCUT2D eigenvalue weighted by Crippen LogP contribution is -2.42. The average molecular weight is 372 g/mol. The number of nitrogens with zero attached hydrogens (tertiary/aromatic N) is 3. The van der Waals surface area contributed by atoms with E-state index in [4.69, 9.17) is 0 Å². The summed E-state index contributed by atoms with van der Waals surface area (Å²) in [5.41, 5.74) is 1.28. The molecule has 1 aliphatic carbocycles. The highest BCUT2D eigenvalue weighted by molar-refractivity contribution is 7.98. The van der Waals surface area contributed by atoms with Gasteiger partial charge in [0, 0.05) is 12.1 Å². The molecule has 0 bridgehead atoms. The molecular formula is C18H20N4O3S. The zero-order chi connectivity index (χ0) is 18.6. The highest BCUT2D eigenvalue weighted by atomic mass is 32.2. The number of hydrogen-bond acceptors (Lipinski definition) is 7. The number of anilines is 1. The van der Waals surface area contributed by atoms with E-state index in [-0.39, 0.29) is 22.7 Å². The van der Waals surface area contributed by atoms with Crippen molar-refractivity contribution in [3.8, 4) is 11.5 Å². The summed E-state index contributed by atoms with van der Waals surface area (Å²) < 4.78 is 1.70. The smallest absolute Gasteiger partial charge is 0.227 e. The Bertz CT molecular complexity index is 935. The molecule has 0 unspecified atom stereocenters. The van der Waals surface area contributed by atoms with Crippen LogP contribution in [0.4, 0.5) is 5.95 Å². The Morgan fingerprint density at radius 3 is 2.77 bits per heavy atom. The van der Waals surface area contributed by atoms with Crippen LogP contribution in [0.15, 0.2) is 35.1 Å². The molecule has 0 amide bonds. The van der Waals surface area contributed by atoms with Crippen molar-refractivity contribution >= 4 is 23.5 Å². The first-order valence-corrected chi connectivity index (χ1v) is 9.56. The summed E-state index contributed by atoms with van der Waals surface area (Å²) in [6.07, 6.45) is 4.41. The van der Waals surface area contributed by atoms with Crippen LogP contribution in [0, 0.1) is 11.3 Å². The highest BCUT2D eigenvalue weighted by Crippen LogP contribution is 2.46. The van der Waals surface area contributed by atoms with Gasteiger partial charge in [0.15, 0.2) is 11.5 Å². The number of thioether (sulfide) groups is 1. The minimum atomic E-state index is -0.434. The maximum atomic E-state index is 13.0. The number of phenols is 2. The number of carbonyl (C=O) groups is 1. The van der Waals surface area contributed by atoms with Crippen LogP contribution in [0.2, 0.25) is 0 Å². The fourth-order valence-corrected chi connectivity index (χ4v) is 4.10. The molecule has 0 saturated carbocycles. The second kappa shape index (κ2) is 5.77. The summed E-state index contributed by atoms with van der Waals surface area (Å²) >= 11 is 1.42. The Morgan fingerprint density at radius 1 is 1.31 bits per heavy atom. The second-order valence-electron chi connectivity index (χ2n) is 7.39. The Balaban J connectivity index is 1.92. The molecule has 8 heteroatoms. The number of carbonyl (C=O) groups excluding carboxylic acids is 1. The third-order valence-corrected chi connectivity index (χ3v) is 5.37. The number of fused-ring (bicyclic) bond motifs is 2. The van der Waals surface area contributed by atoms with Crippen molar-refractivity contribution in [2.75, 3.05) is 11.6 Å². The van der Waals surface area contributed by atoms with Crippen LogP contribution in [0.3, 0.4) is 0 Å². The van der Waals surface area contributed by atoms with Gasteiger partial charge in [-0.25, -0.2) is 4.68 Å². The van der Waals surface area contributed by atoms with Gasteiger partial charge >= 0.3 is 0 Å². The molecule has 4 rings (SSSR count). The van der Waals surface area contributed by atoms with E-state index in [0.29, 0.717) is 23.1 Å². The lowest BCUT2D eigenvalue weighted by atomic mass is 9.72. The van der Waals surface area contributed by atoms with E-state index in [1.807, 2.05) is 20.1 Å². The van der Waals surface area contributed by atoms with Crippen molar-refractivity contribution in [3.63, 3.8) is 0 Å². The minimum Gasteiger partial charge on any atom is -0.504 e. The largest absolute Gasteiger partial charge is 0.504 e.